The molecule has 0 spiro atoms. The molecule has 0 unspecified atom stereocenters. The average Bonchev–Trinajstić information content (AvgIpc) is 2.91. The molecular weight excluding hydrogens is 278 g/mol. The third kappa shape index (κ3) is 2.94. The Morgan fingerprint density at radius 2 is 2.10 bits per heavy atom. The largest absolute Gasteiger partial charge is 0.352 e. The number of rotatable bonds is 5. The molecule has 0 atom stereocenters. The smallest absolute Gasteiger partial charge is 0.351 e. The van der Waals surface area contributed by atoms with E-state index >= 15 is 0 Å². The summed E-state index contributed by atoms with van der Waals surface area (Å²) in [7, 11) is 1.44. The number of nitrogens with zero attached hydrogens (tertiary/aromatic N) is 5. The molecule has 110 valence electrons. The van der Waals surface area contributed by atoms with Crippen molar-refractivity contribution in [3.05, 3.63) is 35.2 Å². The topological polar surface area (TPSA) is 123 Å². The van der Waals surface area contributed by atoms with Crippen molar-refractivity contribution in [2.75, 3.05) is 13.1 Å². The highest BCUT2D eigenvalue weighted by atomic mass is 16.2. The van der Waals surface area contributed by atoms with E-state index in [9.17, 15) is 14.4 Å². The molecule has 2 N–H and O–H groups in total. The number of amides is 2. The van der Waals surface area contributed by atoms with Crippen LogP contribution in [0.2, 0.25) is 0 Å². The van der Waals surface area contributed by atoms with Gasteiger partial charge in [0.25, 0.3) is 5.91 Å². The van der Waals surface area contributed by atoms with Gasteiger partial charge in [0.2, 0.25) is 5.91 Å². The first kappa shape index (κ1) is 14.4. The minimum absolute atomic E-state index is 0.00440. The van der Waals surface area contributed by atoms with Crippen LogP contribution < -0.4 is 16.3 Å². The van der Waals surface area contributed by atoms with Crippen LogP contribution in [0.1, 0.15) is 10.5 Å². The molecule has 10 heteroatoms. The molecule has 0 saturated carbocycles. The molecule has 0 aliphatic heterocycles. The molecule has 0 radical (unpaired) electrons. The fourth-order valence-corrected chi connectivity index (χ4v) is 1.56. The van der Waals surface area contributed by atoms with Gasteiger partial charge in [-0.2, -0.15) is 4.68 Å². The Kier molecular flexibility index (Phi) is 4.07. The van der Waals surface area contributed by atoms with Gasteiger partial charge in [0.1, 0.15) is 6.33 Å². The van der Waals surface area contributed by atoms with Crippen LogP contribution in [0.5, 0.6) is 0 Å². The van der Waals surface area contributed by atoms with E-state index in [4.69, 9.17) is 0 Å². The van der Waals surface area contributed by atoms with Crippen LogP contribution in [0.15, 0.2) is 23.8 Å². The maximum absolute atomic E-state index is 11.9. The standard InChI is InChI=1S/C11H13N7O3/c1-3-7(19)12-4-5-13-10(20)8-9-15-16-17(2)11(21)18(9)6-14-8/h3,6H,1,4-5H2,2H3,(H,12,19)(H,13,20). The molecule has 0 aromatic carbocycles. The maximum atomic E-state index is 11.9. The molecule has 2 aromatic heterocycles. The lowest BCUT2D eigenvalue weighted by molar-refractivity contribution is -0.116. The zero-order valence-electron chi connectivity index (χ0n) is 11.2. The summed E-state index contributed by atoms with van der Waals surface area (Å²) in [6, 6.07) is 0. The molecule has 0 aliphatic carbocycles. The van der Waals surface area contributed by atoms with E-state index in [1.54, 1.807) is 0 Å². The summed E-state index contributed by atoms with van der Waals surface area (Å²) in [6.07, 6.45) is 2.34. The second-order valence-corrected chi connectivity index (χ2v) is 4.03. The quantitative estimate of drug-likeness (QED) is 0.478. The highest BCUT2D eigenvalue weighted by Crippen LogP contribution is 2.01. The monoisotopic (exact) mass is 291 g/mol. The first-order chi connectivity index (χ1) is 10.0. The summed E-state index contributed by atoms with van der Waals surface area (Å²) < 4.78 is 2.16. The van der Waals surface area contributed by atoms with Gasteiger partial charge in [-0.25, -0.2) is 14.2 Å². The normalized spacial score (nSPS) is 10.3. The number of hydrogen-bond acceptors (Lipinski definition) is 6. The summed E-state index contributed by atoms with van der Waals surface area (Å²) >= 11 is 0. The molecule has 2 rings (SSSR count). The van der Waals surface area contributed by atoms with E-state index in [0.29, 0.717) is 0 Å². The lowest BCUT2D eigenvalue weighted by atomic mass is 10.4. The molecule has 0 aliphatic rings. The number of hydrogen-bond donors (Lipinski definition) is 2. The maximum Gasteiger partial charge on any atom is 0.352 e. The highest BCUT2D eigenvalue weighted by molar-refractivity contribution is 5.97. The van der Waals surface area contributed by atoms with Crippen LogP contribution in [0, 0.1) is 0 Å². The average molecular weight is 291 g/mol. The van der Waals surface area contributed by atoms with Crippen molar-refractivity contribution >= 4 is 17.5 Å². The van der Waals surface area contributed by atoms with Crippen LogP contribution in [0.4, 0.5) is 0 Å². The SMILES string of the molecule is C=CC(=O)NCCNC(=O)c1ncn2c(=O)n(C)nnc12. The fourth-order valence-electron chi connectivity index (χ4n) is 1.56. The summed E-state index contributed by atoms with van der Waals surface area (Å²) in [5, 5.41) is 12.4. The number of carbonyl (C=O) groups excluding carboxylic acids is 2. The van der Waals surface area contributed by atoms with Crippen molar-refractivity contribution in [3.63, 3.8) is 0 Å². The molecule has 21 heavy (non-hydrogen) atoms. The fraction of sp³-hybridized carbons (Fsp3) is 0.273. The molecule has 0 bridgehead atoms. The lowest BCUT2D eigenvalue weighted by Crippen LogP contribution is -2.34. The Bertz CT molecular complexity index is 761. The van der Waals surface area contributed by atoms with Crippen LogP contribution in [-0.4, -0.2) is 49.3 Å². The van der Waals surface area contributed by atoms with Crippen molar-refractivity contribution in [2.24, 2.45) is 7.05 Å². The predicted octanol–water partition coefficient (Wildman–Crippen LogP) is -2.14. The Labute approximate surface area is 118 Å². The van der Waals surface area contributed by atoms with Crippen molar-refractivity contribution in [2.45, 2.75) is 0 Å². The summed E-state index contributed by atoms with van der Waals surface area (Å²) in [4.78, 5) is 38.4. The van der Waals surface area contributed by atoms with Gasteiger partial charge in [-0.3, -0.25) is 9.59 Å². The van der Waals surface area contributed by atoms with E-state index in [1.165, 1.54) is 13.4 Å². The van der Waals surface area contributed by atoms with Gasteiger partial charge in [0.15, 0.2) is 11.3 Å². The highest BCUT2D eigenvalue weighted by Gasteiger charge is 2.16. The minimum Gasteiger partial charge on any atom is -0.351 e. The van der Waals surface area contributed by atoms with E-state index in [1.807, 2.05) is 0 Å². The van der Waals surface area contributed by atoms with Crippen molar-refractivity contribution < 1.29 is 9.59 Å². The first-order valence-electron chi connectivity index (χ1n) is 6.00. The lowest BCUT2D eigenvalue weighted by Gasteiger charge is -2.04. The van der Waals surface area contributed by atoms with Gasteiger partial charge in [0.05, 0.1) is 0 Å². The number of aryl methyl sites for hydroxylation is 1. The van der Waals surface area contributed by atoms with Gasteiger partial charge in [0, 0.05) is 20.1 Å². The van der Waals surface area contributed by atoms with E-state index in [2.05, 4.69) is 32.5 Å². The van der Waals surface area contributed by atoms with Crippen LogP contribution >= 0.6 is 0 Å². The second-order valence-electron chi connectivity index (χ2n) is 4.03. The van der Waals surface area contributed by atoms with Crippen molar-refractivity contribution in [3.8, 4) is 0 Å². The molecule has 2 aromatic rings. The first-order valence-corrected chi connectivity index (χ1v) is 6.00. The second kappa shape index (κ2) is 5.94. The Hall–Kier alpha value is -3.04. The van der Waals surface area contributed by atoms with Gasteiger partial charge >= 0.3 is 5.69 Å². The Morgan fingerprint density at radius 1 is 1.38 bits per heavy atom. The molecule has 10 nitrogen and oxygen atoms in total. The minimum atomic E-state index is -0.507. The van der Waals surface area contributed by atoms with Gasteiger partial charge in [-0.05, 0) is 6.08 Å². The van der Waals surface area contributed by atoms with E-state index in [0.717, 1.165) is 15.2 Å². The number of carbonyl (C=O) groups is 2. The number of nitrogens with one attached hydrogen (secondary N) is 2. The van der Waals surface area contributed by atoms with Crippen molar-refractivity contribution in [1.29, 1.82) is 0 Å². The molecule has 2 heterocycles. The van der Waals surface area contributed by atoms with Crippen LogP contribution in [0.25, 0.3) is 5.65 Å². The summed E-state index contributed by atoms with van der Waals surface area (Å²) in [5.41, 5.74) is -0.384. The zero-order valence-corrected chi connectivity index (χ0v) is 11.2. The molecular formula is C11H13N7O3. The summed E-state index contributed by atoms with van der Waals surface area (Å²) in [6.45, 7) is 3.76. The number of imidazole rings is 1. The number of fused-ring (bicyclic) bond motifs is 1. The van der Waals surface area contributed by atoms with E-state index < -0.39 is 11.6 Å². The summed E-state index contributed by atoms with van der Waals surface area (Å²) in [5.74, 6) is -0.834. The van der Waals surface area contributed by atoms with Crippen molar-refractivity contribution in [1.82, 2.24) is 35.0 Å². The predicted molar refractivity (Wildman–Crippen MR) is 71.6 cm³/mol. The van der Waals surface area contributed by atoms with Gasteiger partial charge in [-0.1, -0.05) is 11.8 Å². The molecule has 0 saturated heterocycles. The van der Waals surface area contributed by atoms with Gasteiger partial charge in [-0.15, -0.1) is 5.10 Å². The molecule has 0 fully saturated rings. The van der Waals surface area contributed by atoms with Crippen LogP contribution in [-0.2, 0) is 11.8 Å². The van der Waals surface area contributed by atoms with Gasteiger partial charge < -0.3 is 10.6 Å². The third-order valence-corrected chi connectivity index (χ3v) is 2.61. The Morgan fingerprint density at radius 3 is 2.81 bits per heavy atom. The van der Waals surface area contributed by atoms with E-state index in [-0.39, 0.29) is 30.3 Å². The van der Waals surface area contributed by atoms with Crippen LogP contribution in [0.3, 0.4) is 0 Å². The third-order valence-electron chi connectivity index (χ3n) is 2.61. The zero-order chi connectivity index (χ0) is 15.4. The molecule has 2 amide bonds. The number of aromatic nitrogens is 5. The Balaban J connectivity index is 2.07.